The maximum Gasteiger partial charge on any atom is 0.416 e. The van der Waals surface area contributed by atoms with E-state index in [2.05, 4.69) is 20.9 Å². The Morgan fingerprint density at radius 2 is 2.00 bits per heavy atom. The van der Waals surface area contributed by atoms with Crippen LogP contribution in [-0.4, -0.2) is 26.6 Å². The van der Waals surface area contributed by atoms with Gasteiger partial charge >= 0.3 is 6.18 Å². The molecule has 2 atom stereocenters. The Hall–Kier alpha value is -0.660. The lowest BCUT2D eigenvalue weighted by Gasteiger charge is -2.16. The van der Waals surface area contributed by atoms with Gasteiger partial charge < -0.3 is 10.2 Å². The highest BCUT2D eigenvalue weighted by molar-refractivity contribution is 9.09. The molecule has 0 aliphatic carbocycles. The van der Waals surface area contributed by atoms with Crippen molar-refractivity contribution in [3.63, 3.8) is 0 Å². The number of nitrogens with zero attached hydrogens (tertiary/aromatic N) is 1. The molecule has 0 radical (unpaired) electrons. The lowest BCUT2D eigenvalue weighted by atomic mass is 10.1. The fourth-order valence-electron chi connectivity index (χ4n) is 1.07. The largest absolute Gasteiger partial charge is 0.416 e. The highest BCUT2D eigenvalue weighted by Gasteiger charge is 2.31. The smallest absolute Gasteiger partial charge is 0.389 e. The highest BCUT2D eigenvalue weighted by Crippen LogP contribution is 2.30. The van der Waals surface area contributed by atoms with Crippen LogP contribution in [0.25, 0.3) is 0 Å². The van der Waals surface area contributed by atoms with Gasteiger partial charge in [-0.15, -0.1) is 0 Å². The Morgan fingerprint density at radius 1 is 1.38 bits per heavy atom. The number of aliphatic hydroxyl groups excluding tert-OH is 2. The van der Waals surface area contributed by atoms with Crippen LogP contribution in [0.3, 0.4) is 0 Å². The second kappa shape index (κ2) is 5.11. The zero-order valence-electron chi connectivity index (χ0n) is 7.95. The number of rotatable bonds is 3. The minimum absolute atomic E-state index is 0.0477. The molecule has 2 N–H and O–H groups in total. The van der Waals surface area contributed by atoms with E-state index in [0.29, 0.717) is 0 Å². The molecule has 1 aromatic heterocycles. The van der Waals surface area contributed by atoms with Crippen molar-refractivity contribution in [3.05, 3.63) is 29.6 Å². The van der Waals surface area contributed by atoms with E-state index in [1.54, 1.807) is 0 Å². The summed E-state index contributed by atoms with van der Waals surface area (Å²) in [6.07, 6.45) is -6.18. The molecule has 0 spiro atoms. The SMILES string of the molecule is OC(CBr)C(O)c1cc(C(F)(F)F)ccn1. The Balaban J connectivity index is 2.99. The Labute approximate surface area is 98.1 Å². The molecule has 0 saturated heterocycles. The lowest BCUT2D eigenvalue weighted by molar-refractivity contribution is -0.137. The van der Waals surface area contributed by atoms with Gasteiger partial charge in [-0.05, 0) is 12.1 Å². The van der Waals surface area contributed by atoms with Crippen LogP contribution in [-0.2, 0) is 6.18 Å². The highest BCUT2D eigenvalue weighted by atomic mass is 79.9. The quantitative estimate of drug-likeness (QED) is 0.838. The monoisotopic (exact) mass is 299 g/mol. The van der Waals surface area contributed by atoms with Gasteiger partial charge in [-0.2, -0.15) is 13.2 Å². The van der Waals surface area contributed by atoms with Gasteiger partial charge in [-0.3, -0.25) is 4.98 Å². The summed E-state index contributed by atoms with van der Waals surface area (Å²) >= 11 is 2.91. The van der Waals surface area contributed by atoms with Gasteiger partial charge in [0.15, 0.2) is 0 Å². The number of aliphatic hydroxyl groups is 2. The Kier molecular flexibility index (Phi) is 4.28. The van der Waals surface area contributed by atoms with Gasteiger partial charge in [0.25, 0.3) is 0 Å². The third-order valence-electron chi connectivity index (χ3n) is 1.93. The first kappa shape index (κ1) is 13.4. The number of aromatic nitrogens is 1. The van der Waals surface area contributed by atoms with Crippen molar-refractivity contribution in [3.8, 4) is 0 Å². The van der Waals surface area contributed by atoms with E-state index >= 15 is 0 Å². The third-order valence-corrected chi connectivity index (χ3v) is 2.60. The van der Waals surface area contributed by atoms with Crippen molar-refractivity contribution in [2.45, 2.75) is 18.4 Å². The number of halogens is 4. The predicted molar refractivity (Wildman–Crippen MR) is 54.0 cm³/mol. The van der Waals surface area contributed by atoms with E-state index in [1.807, 2.05) is 0 Å². The first-order valence-electron chi connectivity index (χ1n) is 4.31. The molecule has 0 saturated carbocycles. The van der Waals surface area contributed by atoms with Gasteiger partial charge in [-0.25, -0.2) is 0 Å². The molecule has 0 aliphatic rings. The lowest BCUT2D eigenvalue weighted by Crippen LogP contribution is -2.21. The molecule has 3 nitrogen and oxygen atoms in total. The maximum atomic E-state index is 12.3. The molecule has 16 heavy (non-hydrogen) atoms. The van der Waals surface area contributed by atoms with E-state index in [-0.39, 0.29) is 11.0 Å². The molecular weight excluding hydrogens is 291 g/mol. The molecule has 0 amide bonds. The zero-order chi connectivity index (χ0) is 12.3. The number of hydrogen-bond donors (Lipinski definition) is 2. The van der Waals surface area contributed by atoms with Crippen LogP contribution in [0.2, 0.25) is 0 Å². The summed E-state index contributed by atoms with van der Waals surface area (Å²) in [6.45, 7) is 0. The van der Waals surface area contributed by atoms with Crippen molar-refractivity contribution in [1.82, 2.24) is 4.98 Å². The topological polar surface area (TPSA) is 53.4 Å². The molecule has 0 aliphatic heterocycles. The molecule has 0 aromatic carbocycles. The Bertz CT molecular complexity index is 359. The Morgan fingerprint density at radius 3 is 2.50 bits per heavy atom. The van der Waals surface area contributed by atoms with E-state index in [9.17, 15) is 23.4 Å². The first-order chi connectivity index (χ1) is 7.36. The first-order valence-corrected chi connectivity index (χ1v) is 5.43. The van der Waals surface area contributed by atoms with E-state index in [0.717, 1.165) is 18.3 Å². The summed E-state index contributed by atoms with van der Waals surface area (Å²) in [7, 11) is 0. The summed E-state index contributed by atoms with van der Waals surface area (Å²) in [6, 6.07) is 1.52. The van der Waals surface area contributed by atoms with Gasteiger partial charge in [0.1, 0.15) is 6.10 Å². The molecule has 1 aromatic rings. The maximum absolute atomic E-state index is 12.3. The molecule has 90 valence electrons. The normalized spacial score (nSPS) is 15.9. The molecule has 0 fully saturated rings. The van der Waals surface area contributed by atoms with Crippen molar-refractivity contribution in [1.29, 1.82) is 0 Å². The number of pyridine rings is 1. The van der Waals surface area contributed by atoms with Crippen LogP contribution in [0, 0.1) is 0 Å². The summed E-state index contributed by atoms with van der Waals surface area (Å²) in [5, 5.41) is 18.8. The molecule has 7 heteroatoms. The molecule has 1 rings (SSSR count). The minimum atomic E-state index is -4.49. The second-order valence-electron chi connectivity index (χ2n) is 3.13. The molecule has 1 heterocycles. The van der Waals surface area contributed by atoms with Gasteiger partial charge in [0, 0.05) is 11.5 Å². The van der Waals surface area contributed by atoms with Crippen molar-refractivity contribution >= 4 is 15.9 Å². The van der Waals surface area contributed by atoms with E-state index in [4.69, 9.17) is 0 Å². The summed E-state index contributed by atoms with van der Waals surface area (Å²) < 4.78 is 37.0. The number of hydrogen-bond acceptors (Lipinski definition) is 3. The minimum Gasteiger partial charge on any atom is -0.389 e. The average molecular weight is 300 g/mol. The predicted octanol–water partition coefficient (Wildman–Crippen LogP) is 1.89. The summed E-state index contributed by atoms with van der Waals surface area (Å²) in [4.78, 5) is 3.59. The number of alkyl halides is 4. The summed E-state index contributed by atoms with van der Waals surface area (Å²) in [5.41, 5.74) is -1.11. The average Bonchev–Trinajstić information content (AvgIpc) is 2.26. The van der Waals surface area contributed by atoms with Crippen LogP contribution in [0.5, 0.6) is 0 Å². The van der Waals surface area contributed by atoms with E-state index < -0.39 is 23.9 Å². The molecule has 0 bridgehead atoms. The van der Waals surface area contributed by atoms with Crippen molar-refractivity contribution < 1.29 is 23.4 Å². The van der Waals surface area contributed by atoms with Crippen LogP contribution >= 0.6 is 15.9 Å². The summed E-state index contributed by atoms with van der Waals surface area (Å²) in [5.74, 6) is 0. The van der Waals surface area contributed by atoms with Crippen LogP contribution in [0.4, 0.5) is 13.2 Å². The van der Waals surface area contributed by atoms with Crippen LogP contribution in [0.15, 0.2) is 18.3 Å². The van der Waals surface area contributed by atoms with Gasteiger partial charge in [0.2, 0.25) is 0 Å². The molecular formula is C9H9BrF3NO2. The van der Waals surface area contributed by atoms with Crippen molar-refractivity contribution in [2.75, 3.05) is 5.33 Å². The van der Waals surface area contributed by atoms with Crippen LogP contribution < -0.4 is 0 Å². The van der Waals surface area contributed by atoms with Crippen LogP contribution in [0.1, 0.15) is 17.4 Å². The molecule has 2 unspecified atom stereocenters. The second-order valence-corrected chi connectivity index (χ2v) is 3.78. The fourth-order valence-corrected chi connectivity index (χ4v) is 1.42. The van der Waals surface area contributed by atoms with Crippen molar-refractivity contribution in [2.24, 2.45) is 0 Å². The third kappa shape index (κ3) is 3.16. The van der Waals surface area contributed by atoms with Gasteiger partial charge in [0.05, 0.1) is 17.4 Å². The fraction of sp³-hybridized carbons (Fsp3) is 0.444. The van der Waals surface area contributed by atoms with Gasteiger partial charge in [-0.1, -0.05) is 15.9 Å². The van der Waals surface area contributed by atoms with E-state index in [1.165, 1.54) is 0 Å². The zero-order valence-corrected chi connectivity index (χ0v) is 9.53. The standard InChI is InChI=1S/C9H9BrF3NO2/c10-4-7(15)8(16)6-3-5(1-2-14-6)9(11,12)13/h1-3,7-8,15-16H,4H2.